The lowest BCUT2D eigenvalue weighted by atomic mass is 10.1. The van der Waals surface area contributed by atoms with Gasteiger partial charge in [0, 0.05) is 11.8 Å². The molecule has 1 aliphatic rings. The second kappa shape index (κ2) is 6.92. The van der Waals surface area contributed by atoms with E-state index in [1.165, 1.54) is 6.42 Å². The molecular formula is C21H19N3O. The number of likely N-dealkylation sites (tertiary alicyclic amines) is 1. The monoisotopic (exact) mass is 329 g/mol. The first-order valence-electron chi connectivity index (χ1n) is 8.58. The molecule has 0 saturated carbocycles. The van der Waals surface area contributed by atoms with Gasteiger partial charge in [-0.3, -0.25) is 9.88 Å². The molecule has 0 radical (unpaired) electrons. The van der Waals surface area contributed by atoms with Crippen molar-refractivity contribution in [1.29, 1.82) is 5.26 Å². The normalized spacial score (nSPS) is 17.5. The highest BCUT2D eigenvalue weighted by Crippen LogP contribution is 2.33. The van der Waals surface area contributed by atoms with E-state index in [2.05, 4.69) is 22.0 Å². The molecule has 0 spiro atoms. The minimum absolute atomic E-state index is 0.348. The first-order valence-corrected chi connectivity index (χ1v) is 8.58. The summed E-state index contributed by atoms with van der Waals surface area (Å²) in [5, 5.41) is 9.27. The van der Waals surface area contributed by atoms with E-state index in [1.807, 2.05) is 54.7 Å². The number of rotatable bonds is 4. The molecule has 3 aromatic rings. The van der Waals surface area contributed by atoms with E-state index >= 15 is 0 Å². The van der Waals surface area contributed by atoms with Gasteiger partial charge in [0.1, 0.15) is 11.5 Å². The maximum atomic E-state index is 9.27. The number of pyridine rings is 1. The van der Waals surface area contributed by atoms with Crippen molar-refractivity contribution in [1.82, 2.24) is 9.88 Å². The Morgan fingerprint density at radius 1 is 1.12 bits per heavy atom. The van der Waals surface area contributed by atoms with E-state index in [1.54, 1.807) is 0 Å². The topological polar surface area (TPSA) is 53.1 Å². The number of benzene rings is 1. The fraction of sp³-hybridized carbons (Fsp3) is 0.238. The Bertz CT molecular complexity index is 895. The van der Waals surface area contributed by atoms with E-state index in [0.717, 1.165) is 42.3 Å². The lowest BCUT2D eigenvalue weighted by Gasteiger charge is -2.22. The molecule has 1 aromatic carbocycles. The molecule has 1 fully saturated rings. The quantitative estimate of drug-likeness (QED) is 0.704. The number of nitriles is 1. The van der Waals surface area contributed by atoms with Gasteiger partial charge < -0.3 is 4.42 Å². The number of hydrogen-bond acceptors (Lipinski definition) is 4. The summed E-state index contributed by atoms with van der Waals surface area (Å²) in [6.07, 6.45) is 4.16. The molecule has 0 bridgehead atoms. The third-order valence-electron chi connectivity index (χ3n) is 4.73. The average Bonchev–Trinajstić information content (AvgIpc) is 3.32. The van der Waals surface area contributed by atoms with Crippen molar-refractivity contribution in [3.8, 4) is 17.4 Å². The predicted molar refractivity (Wildman–Crippen MR) is 95.5 cm³/mol. The maximum absolute atomic E-state index is 9.27. The number of aromatic nitrogens is 1. The SMILES string of the molecule is N#Cc1ccccc1-c1ccc(CN2CCC[C@H]2c2ccccn2)o1. The van der Waals surface area contributed by atoms with Crippen LogP contribution in [0.1, 0.15) is 35.9 Å². The molecule has 1 aliphatic heterocycles. The van der Waals surface area contributed by atoms with Gasteiger partial charge >= 0.3 is 0 Å². The van der Waals surface area contributed by atoms with Crippen molar-refractivity contribution in [3.05, 3.63) is 77.8 Å². The van der Waals surface area contributed by atoms with Gasteiger partial charge in [0.15, 0.2) is 0 Å². The first-order chi connectivity index (χ1) is 12.3. The van der Waals surface area contributed by atoms with Crippen molar-refractivity contribution >= 4 is 0 Å². The van der Waals surface area contributed by atoms with Crippen LogP contribution in [0.3, 0.4) is 0 Å². The second-order valence-corrected chi connectivity index (χ2v) is 6.31. The van der Waals surface area contributed by atoms with Gasteiger partial charge in [0.2, 0.25) is 0 Å². The molecule has 3 heterocycles. The van der Waals surface area contributed by atoms with Crippen LogP contribution in [-0.4, -0.2) is 16.4 Å². The van der Waals surface area contributed by atoms with Crippen molar-refractivity contribution in [2.75, 3.05) is 6.54 Å². The van der Waals surface area contributed by atoms with Gasteiger partial charge in [-0.05, 0) is 55.8 Å². The van der Waals surface area contributed by atoms with Crippen LogP contribution in [0.15, 0.2) is 65.2 Å². The second-order valence-electron chi connectivity index (χ2n) is 6.31. The summed E-state index contributed by atoms with van der Waals surface area (Å²) in [6.45, 7) is 1.81. The highest BCUT2D eigenvalue weighted by Gasteiger charge is 2.27. The van der Waals surface area contributed by atoms with Gasteiger partial charge in [-0.25, -0.2) is 0 Å². The molecule has 0 N–H and O–H groups in total. The molecule has 4 heteroatoms. The van der Waals surface area contributed by atoms with E-state index in [9.17, 15) is 5.26 Å². The molecule has 25 heavy (non-hydrogen) atoms. The van der Waals surface area contributed by atoms with Crippen LogP contribution in [0.25, 0.3) is 11.3 Å². The number of furan rings is 1. The summed E-state index contributed by atoms with van der Waals surface area (Å²) >= 11 is 0. The molecule has 1 saturated heterocycles. The molecule has 1 atom stereocenters. The van der Waals surface area contributed by atoms with Crippen LogP contribution in [0.5, 0.6) is 0 Å². The van der Waals surface area contributed by atoms with Crippen molar-refractivity contribution in [2.24, 2.45) is 0 Å². The lowest BCUT2D eigenvalue weighted by molar-refractivity contribution is 0.225. The molecule has 0 amide bonds. The smallest absolute Gasteiger partial charge is 0.135 e. The van der Waals surface area contributed by atoms with Crippen LogP contribution in [0.4, 0.5) is 0 Å². The summed E-state index contributed by atoms with van der Waals surface area (Å²) < 4.78 is 6.05. The van der Waals surface area contributed by atoms with Crippen LogP contribution >= 0.6 is 0 Å². The zero-order valence-corrected chi connectivity index (χ0v) is 13.9. The minimum atomic E-state index is 0.348. The summed E-state index contributed by atoms with van der Waals surface area (Å²) in [5.74, 6) is 1.67. The van der Waals surface area contributed by atoms with Crippen LogP contribution in [-0.2, 0) is 6.54 Å². The fourth-order valence-corrected chi connectivity index (χ4v) is 3.53. The number of nitrogens with zero attached hydrogens (tertiary/aromatic N) is 3. The molecule has 4 nitrogen and oxygen atoms in total. The Morgan fingerprint density at radius 2 is 2.00 bits per heavy atom. The van der Waals surface area contributed by atoms with E-state index in [0.29, 0.717) is 11.6 Å². The Balaban J connectivity index is 1.54. The van der Waals surface area contributed by atoms with Crippen molar-refractivity contribution in [3.63, 3.8) is 0 Å². The Hall–Kier alpha value is -2.90. The average molecular weight is 329 g/mol. The summed E-state index contributed by atoms with van der Waals surface area (Å²) in [5.41, 5.74) is 2.61. The number of hydrogen-bond donors (Lipinski definition) is 0. The molecule has 0 aliphatic carbocycles. The highest BCUT2D eigenvalue weighted by molar-refractivity contribution is 5.66. The van der Waals surface area contributed by atoms with Gasteiger partial charge in [-0.1, -0.05) is 18.2 Å². The summed E-state index contributed by atoms with van der Waals surface area (Å²) in [7, 11) is 0. The van der Waals surface area contributed by atoms with Crippen molar-refractivity contribution in [2.45, 2.75) is 25.4 Å². The Morgan fingerprint density at radius 3 is 2.84 bits per heavy atom. The van der Waals surface area contributed by atoms with Crippen LogP contribution in [0.2, 0.25) is 0 Å². The molecule has 4 rings (SSSR count). The zero-order chi connectivity index (χ0) is 17.1. The predicted octanol–water partition coefficient (Wildman–Crippen LogP) is 4.55. The van der Waals surface area contributed by atoms with Gasteiger partial charge in [0.05, 0.1) is 29.9 Å². The fourth-order valence-electron chi connectivity index (χ4n) is 3.53. The maximum Gasteiger partial charge on any atom is 0.135 e. The minimum Gasteiger partial charge on any atom is -0.460 e. The lowest BCUT2D eigenvalue weighted by Crippen LogP contribution is -2.23. The first kappa shape index (κ1) is 15.6. The van der Waals surface area contributed by atoms with E-state index in [4.69, 9.17) is 4.42 Å². The Kier molecular flexibility index (Phi) is 4.32. The van der Waals surface area contributed by atoms with Crippen molar-refractivity contribution < 1.29 is 4.42 Å². The summed E-state index contributed by atoms with van der Waals surface area (Å²) in [6, 6.07) is 20.2. The third kappa shape index (κ3) is 3.19. The van der Waals surface area contributed by atoms with Gasteiger partial charge in [-0.2, -0.15) is 5.26 Å². The van der Waals surface area contributed by atoms with E-state index in [-0.39, 0.29) is 0 Å². The van der Waals surface area contributed by atoms with Crippen LogP contribution in [0, 0.1) is 11.3 Å². The van der Waals surface area contributed by atoms with Crippen LogP contribution < -0.4 is 0 Å². The molecular weight excluding hydrogens is 310 g/mol. The van der Waals surface area contributed by atoms with Gasteiger partial charge in [0.25, 0.3) is 0 Å². The molecule has 2 aromatic heterocycles. The third-order valence-corrected chi connectivity index (χ3v) is 4.73. The molecule has 124 valence electrons. The van der Waals surface area contributed by atoms with E-state index < -0.39 is 0 Å². The highest BCUT2D eigenvalue weighted by atomic mass is 16.3. The standard InChI is InChI=1S/C21H19N3O/c22-14-16-6-1-2-7-18(16)21-11-10-17(25-21)15-24-13-5-9-20(24)19-8-3-4-12-23-19/h1-4,6-8,10-12,20H,5,9,13,15H2/t20-/m0/s1. The summed E-state index contributed by atoms with van der Waals surface area (Å²) in [4.78, 5) is 6.94. The Labute approximate surface area is 147 Å². The zero-order valence-electron chi connectivity index (χ0n) is 13.9. The van der Waals surface area contributed by atoms with Gasteiger partial charge in [-0.15, -0.1) is 0 Å². The molecule has 0 unspecified atom stereocenters. The largest absolute Gasteiger partial charge is 0.460 e.